The van der Waals surface area contributed by atoms with Crippen LogP contribution in [0, 0.1) is 11.8 Å². The summed E-state index contributed by atoms with van der Waals surface area (Å²) in [5.41, 5.74) is 0. The third-order valence-electron chi connectivity index (χ3n) is 4.20. The molecule has 2 aliphatic rings. The Morgan fingerprint density at radius 1 is 1.29 bits per heavy atom. The van der Waals surface area contributed by atoms with Crippen LogP contribution in [-0.4, -0.2) is 30.2 Å². The minimum Gasteiger partial charge on any atom is -0.460 e. The SMILES string of the molecule is C=C[C@H]1[C@@H](C2CCCCC2)OC(=O)[C@@H]1NC(=O)C(F)(F)F. The van der Waals surface area contributed by atoms with Crippen LogP contribution in [0.4, 0.5) is 13.2 Å². The number of esters is 1. The first kappa shape index (κ1) is 15.9. The molecule has 4 nitrogen and oxygen atoms in total. The van der Waals surface area contributed by atoms with E-state index < -0.39 is 36.1 Å². The molecule has 1 aliphatic heterocycles. The van der Waals surface area contributed by atoms with Crippen molar-refractivity contribution in [1.82, 2.24) is 5.32 Å². The number of halogens is 3. The minimum absolute atomic E-state index is 0.124. The van der Waals surface area contributed by atoms with E-state index in [1.807, 2.05) is 0 Å². The van der Waals surface area contributed by atoms with Crippen LogP contribution in [0.25, 0.3) is 0 Å². The molecule has 0 unspecified atom stereocenters. The van der Waals surface area contributed by atoms with Crippen molar-refractivity contribution in [2.45, 2.75) is 50.4 Å². The molecule has 0 aromatic rings. The van der Waals surface area contributed by atoms with Crippen molar-refractivity contribution in [3.8, 4) is 0 Å². The number of cyclic esters (lactones) is 1. The maximum absolute atomic E-state index is 12.3. The van der Waals surface area contributed by atoms with E-state index in [9.17, 15) is 22.8 Å². The lowest BCUT2D eigenvalue weighted by atomic mass is 9.79. The van der Waals surface area contributed by atoms with E-state index in [0.717, 1.165) is 32.1 Å². The van der Waals surface area contributed by atoms with Gasteiger partial charge in [-0.2, -0.15) is 13.2 Å². The van der Waals surface area contributed by atoms with Gasteiger partial charge in [0, 0.05) is 5.92 Å². The predicted molar refractivity (Wildman–Crippen MR) is 68.1 cm³/mol. The summed E-state index contributed by atoms with van der Waals surface area (Å²) < 4.78 is 42.2. The molecule has 1 saturated heterocycles. The van der Waals surface area contributed by atoms with E-state index >= 15 is 0 Å². The Kier molecular flexibility index (Phi) is 4.58. The number of carbonyl (C=O) groups is 2. The van der Waals surface area contributed by atoms with Gasteiger partial charge >= 0.3 is 18.1 Å². The molecular formula is C14H18F3NO3. The average molecular weight is 305 g/mol. The molecule has 0 radical (unpaired) electrons. The summed E-state index contributed by atoms with van der Waals surface area (Å²) >= 11 is 0. The molecule has 1 heterocycles. The standard InChI is InChI=1S/C14H18F3NO3/c1-2-9-10(18-13(20)14(15,16)17)12(19)21-11(9)8-6-4-3-5-7-8/h2,8-11H,1,3-7H2,(H,18,20)/t9-,10-,11-/m1/s1. The molecule has 1 aliphatic carbocycles. The number of carbonyl (C=O) groups excluding carboxylic acids is 2. The van der Waals surface area contributed by atoms with E-state index in [1.54, 1.807) is 5.32 Å². The van der Waals surface area contributed by atoms with E-state index in [0.29, 0.717) is 0 Å². The van der Waals surface area contributed by atoms with Crippen LogP contribution in [0.5, 0.6) is 0 Å². The number of alkyl halides is 3. The summed E-state index contributed by atoms with van der Waals surface area (Å²) in [6, 6.07) is -1.30. The minimum atomic E-state index is -5.02. The van der Waals surface area contributed by atoms with Gasteiger partial charge in [0.1, 0.15) is 12.1 Å². The smallest absolute Gasteiger partial charge is 0.460 e. The second-order valence-electron chi connectivity index (χ2n) is 5.56. The molecule has 0 aromatic carbocycles. The number of ether oxygens (including phenoxy) is 1. The molecule has 2 fully saturated rings. The maximum atomic E-state index is 12.3. The Bertz CT molecular complexity index is 430. The number of nitrogens with one attached hydrogen (secondary N) is 1. The van der Waals surface area contributed by atoms with Crippen LogP contribution in [0.2, 0.25) is 0 Å². The molecule has 1 amide bonds. The highest BCUT2D eigenvalue weighted by molar-refractivity contribution is 5.89. The summed E-state index contributed by atoms with van der Waals surface area (Å²) in [5, 5.41) is 1.73. The van der Waals surface area contributed by atoms with Crippen molar-refractivity contribution in [3.05, 3.63) is 12.7 Å². The lowest BCUT2D eigenvalue weighted by Crippen LogP contribution is -2.48. The zero-order valence-corrected chi connectivity index (χ0v) is 11.5. The van der Waals surface area contributed by atoms with Crippen LogP contribution >= 0.6 is 0 Å². The lowest BCUT2D eigenvalue weighted by Gasteiger charge is -2.29. The fourth-order valence-corrected chi connectivity index (χ4v) is 3.15. The van der Waals surface area contributed by atoms with Crippen molar-refractivity contribution in [2.24, 2.45) is 11.8 Å². The fraction of sp³-hybridized carbons (Fsp3) is 0.714. The van der Waals surface area contributed by atoms with Crippen molar-refractivity contribution < 1.29 is 27.5 Å². The van der Waals surface area contributed by atoms with E-state index in [4.69, 9.17) is 4.74 Å². The topological polar surface area (TPSA) is 55.4 Å². The second-order valence-corrected chi connectivity index (χ2v) is 5.56. The first-order chi connectivity index (χ1) is 9.84. The van der Waals surface area contributed by atoms with Gasteiger partial charge < -0.3 is 10.1 Å². The van der Waals surface area contributed by atoms with Gasteiger partial charge in [0.25, 0.3) is 0 Å². The zero-order valence-electron chi connectivity index (χ0n) is 11.5. The largest absolute Gasteiger partial charge is 0.471 e. The van der Waals surface area contributed by atoms with Crippen LogP contribution in [-0.2, 0) is 14.3 Å². The van der Waals surface area contributed by atoms with Crippen LogP contribution < -0.4 is 5.32 Å². The Labute approximate surface area is 120 Å². The Morgan fingerprint density at radius 3 is 2.43 bits per heavy atom. The van der Waals surface area contributed by atoms with Gasteiger partial charge in [-0.05, 0) is 18.8 Å². The Balaban J connectivity index is 2.09. The molecule has 0 aromatic heterocycles. The fourth-order valence-electron chi connectivity index (χ4n) is 3.15. The van der Waals surface area contributed by atoms with Crippen LogP contribution in [0.15, 0.2) is 12.7 Å². The number of hydrogen-bond acceptors (Lipinski definition) is 3. The van der Waals surface area contributed by atoms with Crippen LogP contribution in [0.1, 0.15) is 32.1 Å². The third kappa shape index (κ3) is 3.39. The number of rotatable bonds is 3. The third-order valence-corrected chi connectivity index (χ3v) is 4.20. The molecule has 2 rings (SSSR count). The lowest BCUT2D eigenvalue weighted by molar-refractivity contribution is -0.175. The first-order valence-corrected chi connectivity index (χ1v) is 7.05. The summed E-state index contributed by atoms with van der Waals surface area (Å²) in [4.78, 5) is 22.8. The van der Waals surface area contributed by atoms with Gasteiger partial charge in [-0.15, -0.1) is 6.58 Å². The Hall–Kier alpha value is -1.53. The van der Waals surface area contributed by atoms with Crippen molar-refractivity contribution in [1.29, 1.82) is 0 Å². The summed E-state index contributed by atoms with van der Waals surface area (Å²) in [7, 11) is 0. The predicted octanol–water partition coefficient (Wildman–Crippen LogP) is 2.34. The van der Waals surface area contributed by atoms with Gasteiger partial charge in [-0.3, -0.25) is 4.79 Å². The molecule has 21 heavy (non-hydrogen) atoms. The molecule has 0 spiro atoms. The van der Waals surface area contributed by atoms with Gasteiger partial charge in [0.05, 0.1) is 0 Å². The molecule has 0 bridgehead atoms. The van der Waals surface area contributed by atoms with E-state index in [2.05, 4.69) is 6.58 Å². The summed E-state index contributed by atoms with van der Waals surface area (Å²) in [6.45, 7) is 3.58. The van der Waals surface area contributed by atoms with E-state index in [-0.39, 0.29) is 5.92 Å². The van der Waals surface area contributed by atoms with Crippen molar-refractivity contribution in [3.63, 3.8) is 0 Å². The van der Waals surface area contributed by atoms with Crippen molar-refractivity contribution >= 4 is 11.9 Å². The first-order valence-electron chi connectivity index (χ1n) is 7.05. The quantitative estimate of drug-likeness (QED) is 0.643. The zero-order chi connectivity index (χ0) is 15.6. The summed E-state index contributed by atoms with van der Waals surface area (Å²) in [5.74, 6) is -3.43. The molecular weight excluding hydrogens is 287 g/mol. The van der Waals surface area contributed by atoms with Gasteiger partial charge in [-0.1, -0.05) is 25.3 Å². The van der Waals surface area contributed by atoms with Crippen molar-refractivity contribution in [2.75, 3.05) is 0 Å². The van der Waals surface area contributed by atoms with Gasteiger partial charge in [0.2, 0.25) is 0 Å². The highest BCUT2D eigenvalue weighted by Crippen LogP contribution is 2.37. The van der Waals surface area contributed by atoms with Gasteiger partial charge in [0.15, 0.2) is 0 Å². The summed E-state index contributed by atoms with van der Waals surface area (Å²) in [6.07, 6.45) is 0.799. The highest BCUT2D eigenvalue weighted by atomic mass is 19.4. The van der Waals surface area contributed by atoms with Crippen LogP contribution in [0.3, 0.4) is 0 Å². The highest BCUT2D eigenvalue weighted by Gasteiger charge is 2.50. The molecule has 1 saturated carbocycles. The average Bonchev–Trinajstić information content (AvgIpc) is 2.75. The monoisotopic (exact) mass is 305 g/mol. The molecule has 118 valence electrons. The normalized spacial score (nSPS) is 30.8. The molecule has 7 heteroatoms. The Morgan fingerprint density at radius 2 is 1.90 bits per heavy atom. The second kappa shape index (κ2) is 6.07. The maximum Gasteiger partial charge on any atom is 0.471 e. The molecule has 1 N–H and O–H groups in total. The van der Waals surface area contributed by atoms with Gasteiger partial charge in [-0.25, -0.2) is 4.79 Å². The molecule has 3 atom stereocenters. The number of hydrogen-bond donors (Lipinski definition) is 1. The van der Waals surface area contributed by atoms with E-state index in [1.165, 1.54) is 6.08 Å². The number of amides is 1.